The number of nitrogens with two attached hydrogens (primary N) is 1. The Labute approximate surface area is 104 Å². The van der Waals surface area contributed by atoms with Crippen LogP contribution in [0.1, 0.15) is 18.4 Å². The summed E-state index contributed by atoms with van der Waals surface area (Å²) < 4.78 is 28.5. The number of hydrogen-bond donors (Lipinski definition) is 1. The minimum absolute atomic E-state index is 0.134. The molecule has 1 aliphatic carbocycles. The summed E-state index contributed by atoms with van der Waals surface area (Å²) >= 11 is 0. The first-order chi connectivity index (χ1) is 8.47. The van der Waals surface area contributed by atoms with Gasteiger partial charge in [0.05, 0.1) is 0 Å². The second-order valence-electron chi connectivity index (χ2n) is 5.36. The molecule has 1 heterocycles. The Hall–Kier alpha value is -1.42. The van der Waals surface area contributed by atoms with Crippen molar-refractivity contribution in [2.45, 2.75) is 24.2 Å². The number of halogens is 2. The Kier molecular flexibility index (Phi) is 2.29. The summed E-state index contributed by atoms with van der Waals surface area (Å²) in [5.74, 6) is -2.56. The van der Waals surface area contributed by atoms with Crippen molar-refractivity contribution in [1.82, 2.24) is 4.57 Å². The molecule has 0 unspecified atom stereocenters. The summed E-state index contributed by atoms with van der Waals surface area (Å²) in [6.45, 7) is 0.274. The van der Waals surface area contributed by atoms with Crippen LogP contribution in [0, 0.1) is 0 Å². The van der Waals surface area contributed by atoms with Crippen molar-refractivity contribution in [3.63, 3.8) is 0 Å². The molecule has 3 rings (SSSR count). The van der Waals surface area contributed by atoms with Crippen LogP contribution >= 0.6 is 0 Å². The molecule has 2 nitrogen and oxygen atoms in total. The fourth-order valence-electron chi connectivity index (χ4n) is 3.15. The van der Waals surface area contributed by atoms with E-state index in [2.05, 4.69) is 0 Å². The summed E-state index contributed by atoms with van der Waals surface area (Å²) in [4.78, 5) is 0. The predicted molar refractivity (Wildman–Crippen MR) is 67.8 cm³/mol. The number of hydrogen-bond acceptors (Lipinski definition) is 1. The molecule has 4 heteroatoms. The Balaban J connectivity index is 2.15. The topological polar surface area (TPSA) is 30.9 Å². The zero-order valence-electron chi connectivity index (χ0n) is 10.3. The van der Waals surface area contributed by atoms with E-state index >= 15 is 0 Å². The quantitative estimate of drug-likeness (QED) is 0.873. The van der Waals surface area contributed by atoms with Gasteiger partial charge in [0.25, 0.3) is 0 Å². The van der Waals surface area contributed by atoms with Crippen LogP contribution in [0.2, 0.25) is 0 Å². The highest BCUT2D eigenvalue weighted by atomic mass is 19.3. The number of nitrogens with zero attached hydrogens (tertiary/aromatic N) is 1. The largest absolute Gasteiger partial charge is 0.350 e. The Morgan fingerprint density at radius 2 is 1.94 bits per heavy atom. The van der Waals surface area contributed by atoms with Crippen molar-refractivity contribution < 1.29 is 8.78 Å². The van der Waals surface area contributed by atoms with Crippen LogP contribution in [-0.4, -0.2) is 17.0 Å². The normalized spacial score (nSPS) is 20.9. The first-order valence-corrected chi connectivity index (χ1v) is 6.10. The lowest BCUT2D eigenvalue weighted by Crippen LogP contribution is -2.53. The Bertz CT molecular complexity index is 593. The van der Waals surface area contributed by atoms with Gasteiger partial charge in [0.1, 0.15) is 0 Å². The van der Waals surface area contributed by atoms with Crippen LogP contribution in [0.15, 0.2) is 30.5 Å². The first kappa shape index (κ1) is 11.7. The van der Waals surface area contributed by atoms with Crippen LogP contribution in [0.3, 0.4) is 0 Å². The van der Waals surface area contributed by atoms with E-state index < -0.39 is 11.3 Å². The molecule has 0 radical (unpaired) electrons. The molecule has 1 aromatic carbocycles. The highest BCUT2D eigenvalue weighted by Crippen LogP contribution is 2.54. The molecule has 1 aromatic heterocycles. The smallest absolute Gasteiger partial charge is 0.250 e. The van der Waals surface area contributed by atoms with E-state index in [1.165, 1.54) is 0 Å². The van der Waals surface area contributed by atoms with Gasteiger partial charge in [-0.2, -0.15) is 0 Å². The van der Waals surface area contributed by atoms with Crippen molar-refractivity contribution in [1.29, 1.82) is 0 Å². The highest BCUT2D eigenvalue weighted by Gasteiger charge is 2.57. The molecule has 2 N–H and O–H groups in total. The summed E-state index contributed by atoms with van der Waals surface area (Å²) in [5, 5.41) is 1.04. The SMILES string of the molecule is Cn1cc(C2(CN)CC(F)(F)C2)c2ccccc21. The summed E-state index contributed by atoms with van der Waals surface area (Å²) in [6.07, 6.45) is 1.68. The van der Waals surface area contributed by atoms with Gasteiger partial charge in [-0.15, -0.1) is 0 Å². The lowest BCUT2D eigenvalue weighted by Gasteiger charge is -2.46. The molecule has 96 valence electrons. The Morgan fingerprint density at radius 1 is 1.28 bits per heavy atom. The molecule has 0 saturated heterocycles. The maximum atomic E-state index is 13.3. The van der Waals surface area contributed by atoms with Gasteiger partial charge >= 0.3 is 0 Å². The van der Waals surface area contributed by atoms with Crippen LogP contribution in [0.5, 0.6) is 0 Å². The molecule has 0 atom stereocenters. The van der Waals surface area contributed by atoms with Crippen molar-refractivity contribution in [3.05, 3.63) is 36.0 Å². The molecule has 1 saturated carbocycles. The van der Waals surface area contributed by atoms with E-state index in [0.29, 0.717) is 0 Å². The predicted octanol–water partition coefficient (Wildman–Crippen LogP) is 2.80. The van der Waals surface area contributed by atoms with E-state index in [4.69, 9.17) is 5.73 Å². The second kappa shape index (κ2) is 3.54. The van der Waals surface area contributed by atoms with E-state index in [1.807, 2.05) is 42.1 Å². The van der Waals surface area contributed by atoms with Crippen LogP contribution in [0.4, 0.5) is 8.78 Å². The van der Waals surface area contributed by atoms with Crippen molar-refractivity contribution >= 4 is 10.9 Å². The van der Waals surface area contributed by atoms with Gasteiger partial charge in [0.15, 0.2) is 0 Å². The molecule has 2 aromatic rings. The fourth-order valence-corrected chi connectivity index (χ4v) is 3.15. The molecule has 0 bridgehead atoms. The molecule has 0 amide bonds. The maximum absolute atomic E-state index is 13.3. The summed E-state index contributed by atoms with van der Waals surface area (Å²) in [7, 11) is 1.94. The van der Waals surface area contributed by atoms with Gasteiger partial charge in [-0.1, -0.05) is 18.2 Å². The number of aryl methyl sites for hydroxylation is 1. The van der Waals surface area contributed by atoms with Crippen LogP contribution < -0.4 is 5.73 Å². The number of aromatic nitrogens is 1. The third-order valence-electron chi connectivity index (χ3n) is 4.05. The van der Waals surface area contributed by atoms with E-state index in [1.54, 1.807) is 0 Å². The fraction of sp³-hybridized carbons (Fsp3) is 0.429. The Morgan fingerprint density at radius 3 is 2.56 bits per heavy atom. The minimum Gasteiger partial charge on any atom is -0.350 e. The molecule has 18 heavy (non-hydrogen) atoms. The van der Waals surface area contributed by atoms with E-state index in [9.17, 15) is 8.78 Å². The maximum Gasteiger partial charge on any atom is 0.250 e. The van der Waals surface area contributed by atoms with E-state index in [-0.39, 0.29) is 19.4 Å². The first-order valence-electron chi connectivity index (χ1n) is 6.10. The van der Waals surface area contributed by atoms with Gasteiger partial charge in [0, 0.05) is 48.9 Å². The lowest BCUT2D eigenvalue weighted by molar-refractivity contribution is -0.123. The standard InChI is InChI=1S/C14H16F2N2/c1-18-6-11(10-4-2-3-5-12(10)18)13(9-17)7-14(15,16)8-13/h2-6H,7-9,17H2,1H3. The number of fused-ring (bicyclic) bond motifs is 1. The van der Waals surface area contributed by atoms with Gasteiger partial charge in [-0.3, -0.25) is 0 Å². The van der Waals surface area contributed by atoms with Crippen LogP contribution in [0.25, 0.3) is 10.9 Å². The zero-order chi connectivity index (χ0) is 13.0. The van der Waals surface area contributed by atoms with Crippen molar-refractivity contribution in [3.8, 4) is 0 Å². The van der Waals surface area contributed by atoms with Gasteiger partial charge < -0.3 is 10.3 Å². The minimum atomic E-state index is -2.56. The number of rotatable bonds is 2. The molecule has 0 spiro atoms. The monoisotopic (exact) mass is 250 g/mol. The average Bonchev–Trinajstić information content (AvgIpc) is 2.64. The van der Waals surface area contributed by atoms with Crippen molar-refractivity contribution in [2.24, 2.45) is 12.8 Å². The van der Waals surface area contributed by atoms with Gasteiger partial charge in [0.2, 0.25) is 5.92 Å². The van der Waals surface area contributed by atoms with E-state index in [0.717, 1.165) is 16.5 Å². The molecule has 1 aliphatic rings. The molecule has 0 aliphatic heterocycles. The third kappa shape index (κ3) is 1.48. The third-order valence-corrected chi connectivity index (χ3v) is 4.05. The highest BCUT2D eigenvalue weighted by molar-refractivity contribution is 5.85. The average molecular weight is 250 g/mol. The second-order valence-corrected chi connectivity index (χ2v) is 5.36. The summed E-state index contributed by atoms with van der Waals surface area (Å²) in [6, 6.07) is 7.88. The molecule has 1 fully saturated rings. The lowest BCUT2D eigenvalue weighted by atomic mass is 9.62. The summed E-state index contributed by atoms with van der Waals surface area (Å²) in [5.41, 5.74) is 7.26. The number of para-hydroxylation sites is 1. The molecular weight excluding hydrogens is 234 g/mol. The number of alkyl halides is 2. The number of benzene rings is 1. The molecular formula is C14H16F2N2. The zero-order valence-corrected chi connectivity index (χ0v) is 10.3. The van der Waals surface area contributed by atoms with Crippen molar-refractivity contribution in [2.75, 3.05) is 6.54 Å². The van der Waals surface area contributed by atoms with Gasteiger partial charge in [-0.05, 0) is 11.6 Å². The van der Waals surface area contributed by atoms with Crippen LogP contribution in [-0.2, 0) is 12.5 Å². The van der Waals surface area contributed by atoms with Gasteiger partial charge in [-0.25, -0.2) is 8.78 Å².